The van der Waals surface area contributed by atoms with Gasteiger partial charge in [0.25, 0.3) is 0 Å². The quantitative estimate of drug-likeness (QED) is 0.775. The van der Waals surface area contributed by atoms with Crippen LogP contribution in [0.25, 0.3) is 0 Å². The molecule has 170 valence electrons. The zero-order chi connectivity index (χ0) is 23.1. The third kappa shape index (κ3) is 4.00. The molecular formula is C26H36N6. The summed E-state index contributed by atoms with van der Waals surface area (Å²) in [5.41, 5.74) is 18.1. The maximum absolute atomic E-state index is 7.18. The van der Waals surface area contributed by atoms with E-state index in [1.165, 1.54) is 11.3 Å². The molecular weight excluding hydrogens is 396 g/mol. The van der Waals surface area contributed by atoms with E-state index >= 15 is 0 Å². The maximum Gasteiger partial charge on any atom is 0.202 e. The number of hydrogen-bond acceptors (Lipinski definition) is 6. The van der Waals surface area contributed by atoms with Crippen LogP contribution in [0, 0.1) is 0 Å². The molecule has 2 heterocycles. The van der Waals surface area contributed by atoms with Crippen LogP contribution < -0.4 is 21.3 Å². The first kappa shape index (κ1) is 22.4. The van der Waals surface area contributed by atoms with E-state index in [9.17, 15) is 0 Å². The van der Waals surface area contributed by atoms with Gasteiger partial charge >= 0.3 is 0 Å². The van der Waals surface area contributed by atoms with Crippen molar-refractivity contribution in [2.24, 2.45) is 16.5 Å². The second-order valence-electron chi connectivity index (χ2n) is 10.0. The summed E-state index contributed by atoms with van der Waals surface area (Å²) in [7, 11) is 2.17. The number of benzene rings is 2. The van der Waals surface area contributed by atoms with Crippen LogP contribution >= 0.6 is 0 Å². The fourth-order valence-electron chi connectivity index (χ4n) is 4.47. The van der Waals surface area contributed by atoms with Gasteiger partial charge in [-0.3, -0.25) is 4.90 Å². The Labute approximate surface area is 192 Å². The highest BCUT2D eigenvalue weighted by Crippen LogP contribution is 2.39. The SMILES string of the molecule is CC1=CN=C(N)N(c2ccc(N3CCN(C)CC3)cc2)C1(N)c1cccc(C(C)(C)C)c1. The average Bonchev–Trinajstić information content (AvgIpc) is 2.77. The molecule has 0 radical (unpaired) electrons. The van der Waals surface area contributed by atoms with Crippen molar-refractivity contribution in [1.82, 2.24) is 4.90 Å². The van der Waals surface area contributed by atoms with Crippen LogP contribution in [0.4, 0.5) is 11.4 Å². The summed E-state index contributed by atoms with van der Waals surface area (Å²) in [6, 6.07) is 17.0. The van der Waals surface area contributed by atoms with Gasteiger partial charge in [-0.05, 0) is 60.4 Å². The number of aliphatic imine (C=N–C) groups is 1. The number of rotatable bonds is 3. The Bertz CT molecular complexity index is 1030. The van der Waals surface area contributed by atoms with Crippen LogP contribution in [0.3, 0.4) is 0 Å². The van der Waals surface area contributed by atoms with Crippen LogP contribution in [0.5, 0.6) is 0 Å². The van der Waals surface area contributed by atoms with E-state index in [1.807, 2.05) is 11.8 Å². The molecule has 0 aliphatic carbocycles. The maximum atomic E-state index is 7.18. The van der Waals surface area contributed by atoms with E-state index < -0.39 is 5.66 Å². The Balaban J connectivity index is 1.72. The zero-order valence-corrected chi connectivity index (χ0v) is 20.0. The molecule has 6 heteroatoms. The van der Waals surface area contributed by atoms with E-state index in [-0.39, 0.29) is 5.41 Å². The van der Waals surface area contributed by atoms with E-state index in [0.29, 0.717) is 5.96 Å². The molecule has 2 aliphatic heterocycles. The molecule has 32 heavy (non-hydrogen) atoms. The predicted octanol–water partition coefficient (Wildman–Crippen LogP) is 3.59. The molecule has 4 rings (SSSR count). The first-order chi connectivity index (χ1) is 15.1. The number of nitrogens with zero attached hydrogens (tertiary/aromatic N) is 4. The summed E-state index contributed by atoms with van der Waals surface area (Å²) in [4.78, 5) is 11.2. The van der Waals surface area contributed by atoms with Gasteiger partial charge in [-0.25, -0.2) is 4.99 Å². The smallest absolute Gasteiger partial charge is 0.202 e. The number of piperazine rings is 1. The van der Waals surface area contributed by atoms with Crippen LogP contribution in [-0.4, -0.2) is 44.1 Å². The molecule has 2 aliphatic rings. The van der Waals surface area contributed by atoms with Crippen molar-refractivity contribution in [1.29, 1.82) is 0 Å². The molecule has 0 aromatic heterocycles. The fraction of sp³-hybridized carbons (Fsp3) is 0.423. The Morgan fingerprint density at radius 1 is 0.938 bits per heavy atom. The molecule has 2 aromatic carbocycles. The molecule has 0 bridgehead atoms. The van der Waals surface area contributed by atoms with Crippen LogP contribution in [0.15, 0.2) is 65.3 Å². The van der Waals surface area contributed by atoms with Gasteiger partial charge in [-0.1, -0.05) is 45.0 Å². The van der Waals surface area contributed by atoms with Gasteiger partial charge in [0.05, 0.1) is 0 Å². The lowest BCUT2D eigenvalue weighted by Crippen LogP contribution is -2.60. The summed E-state index contributed by atoms with van der Waals surface area (Å²) in [5, 5.41) is 0. The van der Waals surface area contributed by atoms with E-state index in [0.717, 1.165) is 43.0 Å². The van der Waals surface area contributed by atoms with Crippen LogP contribution in [0.2, 0.25) is 0 Å². The largest absolute Gasteiger partial charge is 0.369 e. The average molecular weight is 433 g/mol. The molecule has 0 saturated carbocycles. The van der Waals surface area contributed by atoms with Crippen molar-refractivity contribution in [3.05, 3.63) is 71.4 Å². The minimum absolute atomic E-state index is 0.0211. The molecule has 1 saturated heterocycles. The van der Waals surface area contributed by atoms with Crippen LogP contribution in [0.1, 0.15) is 38.8 Å². The highest BCUT2D eigenvalue weighted by Gasteiger charge is 2.41. The highest BCUT2D eigenvalue weighted by atomic mass is 15.4. The van der Waals surface area contributed by atoms with Crippen molar-refractivity contribution >= 4 is 17.3 Å². The molecule has 1 atom stereocenters. The van der Waals surface area contributed by atoms with Crippen LogP contribution in [-0.2, 0) is 11.1 Å². The van der Waals surface area contributed by atoms with Crippen molar-refractivity contribution in [2.75, 3.05) is 43.0 Å². The Morgan fingerprint density at radius 2 is 1.56 bits per heavy atom. The van der Waals surface area contributed by atoms with Crippen molar-refractivity contribution in [2.45, 2.75) is 38.8 Å². The zero-order valence-electron chi connectivity index (χ0n) is 20.0. The number of likely N-dealkylation sites (N-methyl/N-ethyl adjacent to an activating group) is 1. The second-order valence-corrected chi connectivity index (χ2v) is 10.0. The second kappa shape index (κ2) is 8.26. The lowest BCUT2D eigenvalue weighted by Gasteiger charge is -2.45. The van der Waals surface area contributed by atoms with Gasteiger partial charge in [-0.15, -0.1) is 0 Å². The standard InChI is InChI=1S/C26H36N6/c1-19-18-29-24(27)32(26(19,28)21-8-6-7-20(17-21)25(2,3)4)23-11-9-22(10-12-23)31-15-13-30(5)14-16-31/h6-12,17-18H,13-16,28H2,1-5H3,(H2,27,29). The fourth-order valence-corrected chi connectivity index (χ4v) is 4.47. The normalized spacial score (nSPS) is 22.6. The Kier molecular flexibility index (Phi) is 5.77. The summed E-state index contributed by atoms with van der Waals surface area (Å²) in [6.07, 6.45) is 1.79. The molecule has 0 spiro atoms. The lowest BCUT2D eigenvalue weighted by atomic mass is 9.82. The van der Waals surface area contributed by atoms with Gasteiger partial charge in [0, 0.05) is 43.8 Å². The van der Waals surface area contributed by atoms with Gasteiger partial charge in [-0.2, -0.15) is 0 Å². The van der Waals surface area contributed by atoms with E-state index in [2.05, 4.69) is 91.1 Å². The van der Waals surface area contributed by atoms with Crippen molar-refractivity contribution < 1.29 is 0 Å². The predicted molar refractivity (Wildman–Crippen MR) is 135 cm³/mol. The third-order valence-corrected chi connectivity index (χ3v) is 6.72. The minimum Gasteiger partial charge on any atom is -0.369 e. The summed E-state index contributed by atoms with van der Waals surface area (Å²) in [6.45, 7) is 12.9. The first-order valence-corrected chi connectivity index (χ1v) is 11.3. The van der Waals surface area contributed by atoms with E-state index in [4.69, 9.17) is 11.5 Å². The van der Waals surface area contributed by atoms with Gasteiger partial charge < -0.3 is 21.3 Å². The van der Waals surface area contributed by atoms with E-state index in [1.54, 1.807) is 6.20 Å². The first-order valence-electron chi connectivity index (χ1n) is 11.3. The molecule has 1 unspecified atom stereocenters. The molecule has 4 N–H and O–H groups in total. The molecule has 1 fully saturated rings. The summed E-state index contributed by atoms with van der Waals surface area (Å²) < 4.78 is 0. The highest BCUT2D eigenvalue weighted by molar-refractivity contribution is 5.98. The number of hydrogen-bond donors (Lipinski definition) is 2. The molecule has 0 amide bonds. The summed E-state index contributed by atoms with van der Waals surface area (Å²) in [5.74, 6) is 0.395. The Morgan fingerprint density at radius 3 is 2.19 bits per heavy atom. The number of anilines is 2. The Hall–Kier alpha value is -2.83. The summed E-state index contributed by atoms with van der Waals surface area (Å²) >= 11 is 0. The van der Waals surface area contributed by atoms with Gasteiger partial charge in [0.15, 0.2) is 0 Å². The van der Waals surface area contributed by atoms with Gasteiger partial charge in [0.2, 0.25) is 5.96 Å². The van der Waals surface area contributed by atoms with Crippen molar-refractivity contribution in [3.63, 3.8) is 0 Å². The van der Waals surface area contributed by atoms with Crippen molar-refractivity contribution in [3.8, 4) is 0 Å². The van der Waals surface area contributed by atoms with Gasteiger partial charge in [0.1, 0.15) is 5.66 Å². The monoisotopic (exact) mass is 432 g/mol. The third-order valence-electron chi connectivity index (χ3n) is 6.72. The lowest BCUT2D eigenvalue weighted by molar-refractivity contribution is 0.313. The molecule has 2 aromatic rings. The minimum atomic E-state index is -0.914. The molecule has 6 nitrogen and oxygen atoms in total. The number of nitrogens with two attached hydrogens (primary N) is 2. The topological polar surface area (TPSA) is 74.1 Å². The number of guanidine groups is 1.